The largest absolute Gasteiger partial charge is 0.310 e. The number of fused-ring (bicyclic) bond motifs is 2. The van der Waals surface area contributed by atoms with Gasteiger partial charge < -0.3 is 5.32 Å². The van der Waals surface area contributed by atoms with Crippen LogP contribution in [0, 0.1) is 11.8 Å². The van der Waals surface area contributed by atoms with Crippen molar-refractivity contribution in [1.82, 2.24) is 5.32 Å². The zero-order valence-corrected chi connectivity index (χ0v) is 11.3. The maximum absolute atomic E-state index is 6.17. The summed E-state index contributed by atoms with van der Waals surface area (Å²) in [5, 5.41) is 5.14. The van der Waals surface area contributed by atoms with Gasteiger partial charge in [0.1, 0.15) is 0 Å². The molecule has 17 heavy (non-hydrogen) atoms. The molecule has 1 aromatic carbocycles. The van der Waals surface area contributed by atoms with E-state index in [1.165, 1.54) is 25.7 Å². The number of benzene rings is 1. The summed E-state index contributed by atoms with van der Waals surface area (Å²) in [7, 11) is 0. The Kier molecular flexibility index (Phi) is 3.34. The molecule has 3 rings (SSSR count). The molecule has 0 saturated heterocycles. The first-order chi connectivity index (χ1) is 8.22. The highest BCUT2D eigenvalue weighted by molar-refractivity contribution is 6.35. The summed E-state index contributed by atoms with van der Waals surface area (Å²) in [6.07, 6.45) is 5.66. The van der Waals surface area contributed by atoms with Crippen molar-refractivity contribution < 1.29 is 0 Å². The second-order valence-electron chi connectivity index (χ2n) is 5.40. The number of halogens is 2. The molecule has 92 valence electrons. The number of rotatable bonds is 3. The van der Waals surface area contributed by atoms with E-state index in [-0.39, 0.29) is 0 Å². The van der Waals surface area contributed by atoms with E-state index in [9.17, 15) is 0 Å². The first kappa shape index (κ1) is 11.8. The molecule has 1 aromatic rings. The summed E-state index contributed by atoms with van der Waals surface area (Å²) >= 11 is 12.1. The molecule has 2 saturated carbocycles. The average molecular weight is 270 g/mol. The van der Waals surface area contributed by atoms with E-state index < -0.39 is 0 Å². The van der Waals surface area contributed by atoms with Crippen LogP contribution in [0.1, 0.15) is 31.2 Å². The Labute approximate surface area is 112 Å². The van der Waals surface area contributed by atoms with Gasteiger partial charge in [-0.25, -0.2) is 0 Å². The molecule has 0 aliphatic heterocycles. The molecule has 3 unspecified atom stereocenters. The van der Waals surface area contributed by atoms with E-state index in [1.54, 1.807) is 0 Å². The van der Waals surface area contributed by atoms with E-state index >= 15 is 0 Å². The van der Waals surface area contributed by atoms with Crippen LogP contribution in [0.3, 0.4) is 0 Å². The van der Waals surface area contributed by atoms with Gasteiger partial charge in [-0.15, -0.1) is 0 Å². The number of nitrogens with one attached hydrogen (secondary N) is 1. The van der Waals surface area contributed by atoms with Crippen molar-refractivity contribution in [1.29, 1.82) is 0 Å². The number of hydrogen-bond donors (Lipinski definition) is 1. The smallest absolute Gasteiger partial charge is 0.0465 e. The quantitative estimate of drug-likeness (QED) is 0.864. The third kappa shape index (κ3) is 2.47. The molecule has 0 amide bonds. The van der Waals surface area contributed by atoms with Gasteiger partial charge in [-0.05, 0) is 48.8 Å². The van der Waals surface area contributed by atoms with E-state index in [2.05, 4.69) is 5.32 Å². The van der Waals surface area contributed by atoms with Gasteiger partial charge in [-0.3, -0.25) is 0 Å². The van der Waals surface area contributed by atoms with Gasteiger partial charge in [0.15, 0.2) is 0 Å². The van der Waals surface area contributed by atoms with Gasteiger partial charge in [0.25, 0.3) is 0 Å². The van der Waals surface area contributed by atoms with Crippen LogP contribution in [0.4, 0.5) is 0 Å². The van der Waals surface area contributed by atoms with Crippen molar-refractivity contribution in [2.75, 3.05) is 0 Å². The van der Waals surface area contributed by atoms with Crippen molar-refractivity contribution in [3.63, 3.8) is 0 Å². The van der Waals surface area contributed by atoms with Crippen molar-refractivity contribution in [2.45, 2.75) is 38.3 Å². The molecular formula is C14H17Cl2N. The second-order valence-corrected chi connectivity index (χ2v) is 6.24. The predicted molar refractivity (Wildman–Crippen MR) is 72.5 cm³/mol. The summed E-state index contributed by atoms with van der Waals surface area (Å²) in [6, 6.07) is 6.46. The lowest BCUT2D eigenvalue weighted by Crippen LogP contribution is -2.33. The van der Waals surface area contributed by atoms with Crippen LogP contribution in [-0.4, -0.2) is 6.04 Å². The third-order valence-corrected chi connectivity index (χ3v) is 4.89. The summed E-state index contributed by atoms with van der Waals surface area (Å²) in [5.74, 6) is 1.89. The molecule has 2 fully saturated rings. The maximum Gasteiger partial charge on any atom is 0.0465 e. The summed E-state index contributed by atoms with van der Waals surface area (Å²) in [5.41, 5.74) is 1.15. The minimum Gasteiger partial charge on any atom is -0.310 e. The fourth-order valence-corrected chi connectivity index (χ4v) is 3.88. The molecule has 3 heteroatoms. The SMILES string of the molecule is Clc1ccc(CNC2CC3CCC2C3)c(Cl)c1. The van der Waals surface area contributed by atoms with Gasteiger partial charge in [0.05, 0.1) is 0 Å². The maximum atomic E-state index is 6.17. The Morgan fingerprint density at radius 1 is 1.18 bits per heavy atom. The fourth-order valence-electron chi connectivity index (χ4n) is 3.40. The van der Waals surface area contributed by atoms with Gasteiger partial charge in [-0.2, -0.15) is 0 Å². The highest BCUT2D eigenvalue weighted by Gasteiger charge is 2.38. The monoisotopic (exact) mass is 269 g/mol. The van der Waals surface area contributed by atoms with Crippen LogP contribution >= 0.6 is 23.2 Å². The second kappa shape index (κ2) is 4.79. The summed E-state index contributed by atoms with van der Waals surface area (Å²) in [4.78, 5) is 0. The molecule has 3 atom stereocenters. The van der Waals surface area contributed by atoms with E-state index in [0.717, 1.165) is 29.0 Å². The highest BCUT2D eigenvalue weighted by atomic mass is 35.5. The molecule has 0 radical (unpaired) electrons. The van der Waals surface area contributed by atoms with Crippen molar-refractivity contribution >= 4 is 23.2 Å². The zero-order valence-electron chi connectivity index (χ0n) is 9.76. The lowest BCUT2D eigenvalue weighted by atomic mass is 9.95. The average Bonchev–Trinajstić information content (AvgIpc) is 2.89. The molecule has 2 bridgehead atoms. The molecular weight excluding hydrogens is 253 g/mol. The first-order valence-electron chi connectivity index (χ1n) is 6.39. The van der Waals surface area contributed by atoms with Gasteiger partial charge >= 0.3 is 0 Å². The topological polar surface area (TPSA) is 12.0 Å². The first-order valence-corrected chi connectivity index (χ1v) is 7.15. The van der Waals surface area contributed by atoms with Crippen molar-refractivity contribution in [2.24, 2.45) is 11.8 Å². The van der Waals surface area contributed by atoms with Gasteiger partial charge in [0.2, 0.25) is 0 Å². The predicted octanol–water partition coefficient (Wildman–Crippen LogP) is 4.27. The van der Waals surface area contributed by atoms with Crippen LogP contribution in [-0.2, 0) is 6.54 Å². The highest BCUT2D eigenvalue weighted by Crippen LogP contribution is 2.44. The molecule has 0 aromatic heterocycles. The van der Waals surface area contributed by atoms with Crippen LogP contribution in [0.5, 0.6) is 0 Å². The van der Waals surface area contributed by atoms with Crippen LogP contribution in [0.25, 0.3) is 0 Å². The minimum atomic E-state index is 0.707. The van der Waals surface area contributed by atoms with Gasteiger partial charge in [0, 0.05) is 22.6 Å². The van der Waals surface area contributed by atoms with Crippen LogP contribution in [0.15, 0.2) is 18.2 Å². The molecule has 0 spiro atoms. The van der Waals surface area contributed by atoms with Crippen molar-refractivity contribution in [3.05, 3.63) is 33.8 Å². The normalized spacial score (nSPS) is 31.1. The lowest BCUT2D eigenvalue weighted by molar-refractivity contribution is 0.351. The van der Waals surface area contributed by atoms with E-state index in [4.69, 9.17) is 23.2 Å². The van der Waals surface area contributed by atoms with Crippen LogP contribution < -0.4 is 5.32 Å². The Morgan fingerprint density at radius 2 is 2.06 bits per heavy atom. The van der Waals surface area contributed by atoms with E-state index in [1.807, 2.05) is 18.2 Å². The zero-order chi connectivity index (χ0) is 11.8. The summed E-state index contributed by atoms with van der Waals surface area (Å²) in [6.45, 7) is 0.865. The Morgan fingerprint density at radius 3 is 2.71 bits per heavy atom. The Balaban J connectivity index is 1.60. The van der Waals surface area contributed by atoms with E-state index in [0.29, 0.717) is 11.1 Å². The lowest BCUT2D eigenvalue weighted by Gasteiger charge is -2.23. The van der Waals surface area contributed by atoms with Crippen molar-refractivity contribution in [3.8, 4) is 0 Å². The number of hydrogen-bond acceptors (Lipinski definition) is 1. The fraction of sp³-hybridized carbons (Fsp3) is 0.571. The van der Waals surface area contributed by atoms with Gasteiger partial charge in [-0.1, -0.05) is 35.7 Å². The third-order valence-electron chi connectivity index (χ3n) is 4.31. The van der Waals surface area contributed by atoms with Crippen LogP contribution in [0.2, 0.25) is 10.0 Å². The standard InChI is InChI=1S/C14H17Cl2N/c15-12-4-3-11(13(16)7-12)8-17-14-6-9-1-2-10(14)5-9/h3-4,7,9-10,14,17H,1-2,5-6,8H2. The molecule has 1 N–H and O–H groups in total. The molecule has 0 heterocycles. The summed E-state index contributed by atoms with van der Waals surface area (Å²) < 4.78 is 0. The molecule has 1 nitrogen and oxygen atoms in total. The Bertz CT molecular complexity index is 419. The Hall–Kier alpha value is -0.240. The minimum absolute atomic E-state index is 0.707. The molecule has 2 aliphatic carbocycles. The molecule has 2 aliphatic rings.